The zero-order valence-corrected chi connectivity index (χ0v) is 35.0. The number of ether oxygens (including phenoxy) is 4. The van der Waals surface area contributed by atoms with E-state index in [4.69, 9.17) is 39.5 Å². The van der Waals surface area contributed by atoms with Crippen LogP contribution in [-0.4, -0.2) is 142 Å². The Balaban J connectivity index is 1.62. The Bertz CT molecular complexity index is 2260. The van der Waals surface area contributed by atoms with Crippen molar-refractivity contribution in [2.24, 2.45) is 0 Å². The first-order chi connectivity index (χ1) is 29.4. The maximum absolute atomic E-state index is 13.7. The molecule has 7 atom stereocenters. The number of nitrogens with zero attached hydrogens (tertiary/aromatic N) is 7. The Morgan fingerprint density at radius 2 is 1.60 bits per heavy atom. The Morgan fingerprint density at radius 1 is 0.935 bits per heavy atom. The van der Waals surface area contributed by atoms with Gasteiger partial charge in [-0.1, -0.05) is 24.3 Å². The van der Waals surface area contributed by atoms with E-state index in [1.165, 1.54) is 6.08 Å². The Labute approximate surface area is 352 Å². The van der Waals surface area contributed by atoms with Crippen molar-refractivity contribution in [1.29, 1.82) is 0 Å². The van der Waals surface area contributed by atoms with Crippen molar-refractivity contribution < 1.29 is 76.1 Å². The second-order valence-corrected chi connectivity index (χ2v) is 15.5. The van der Waals surface area contributed by atoms with E-state index in [1.807, 2.05) is 0 Å². The lowest BCUT2D eigenvalue weighted by Gasteiger charge is -2.33. The van der Waals surface area contributed by atoms with Gasteiger partial charge in [0.15, 0.2) is 30.0 Å². The van der Waals surface area contributed by atoms with Gasteiger partial charge in [-0.3, -0.25) is 32.3 Å². The summed E-state index contributed by atoms with van der Waals surface area (Å²) in [6.45, 7) is 0.726. The van der Waals surface area contributed by atoms with Crippen LogP contribution < -0.4 is 21.9 Å². The van der Waals surface area contributed by atoms with Crippen molar-refractivity contribution >= 4 is 50.3 Å². The maximum atomic E-state index is 13.7. The molecule has 340 valence electrons. The van der Waals surface area contributed by atoms with E-state index in [9.17, 15) is 48.4 Å². The number of aliphatic hydroxyl groups is 2. The Hall–Kier alpha value is -5.21. The Morgan fingerprint density at radius 3 is 2.24 bits per heavy atom. The maximum Gasteiger partial charge on any atom is 0.472 e. The summed E-state index contributed by atoms with van der Waals surface area (Å²) < 4.78 is 63.5. The number of benzene rings is 1. The summed E-state index contributed by atoms with van der Waals surface area (Å²) in [6, 6.07) is 9.76. The van der Waals surface area contributed by atoms with Crippen LogP contribution in [0.5, 0.6) is 5.75 Å². The summed E-state index contributed by atoms with van der Waals surface area (Å²) in [7, 11) is -8.69. The molecule has 0 fully saturated rings. The van der Waals surface area contributed by atoms with E-state index >= 15 is 0 Å². The van der Waals surface area contributed by atoms with Crippen LogP contribution in [0, 0.1) is 0 Å². The molecule has 1 amide bonds. The standard InChI is InChI=1S/C34H47N9O17P2/c1-4-5-11-25(44)41(14-15-56-21-9-7-6-8-10-21)16-26(45)59-28(32(46)43-20-39-27-30(36)37-19-38-31(27)43)22(54-2)18-58-62(52,53)60-29(23(55-3)17-57-61(49,50)51)33(47)42-13-12-24(35)40-34(42)48/h4,6-10,12-13,19-20,22-23,28-29,32-33,46-47H,1,5,11,14-18H2,2-3H3,(H,52,53)(H2,35,40,48)(H2,36,37,38)(H2,49,50,51)/t22-,23-,28-,29-,32-,33-/m1/s1. The number of imidazole rings is 1. The number of carbonyl (C=O) groups excluding carboxylic acids is 2. The molecule has 0 radical (unpaired) electrons. The fourth-order valence-electron chi connectivity index (χ4n) is 5.58. The molecule has 0 bridgehead atoms. The number of methoxy groups -OCH3 is 2. The number of phosphoric acid groups is 2. The van der Waals surface area contributed by atoms with Crippen LogP contribution in [0.2, 0.25) is 0 Å². The van der Waals surface area contributed by atoms with Crippen LogP contribution in [0.1, 0.15) is 25.3 Å². The van der Waals surface area contributed by atoms with E-state index in [1.54, 1.807) is 30.3 Å². The molecule has 26 nitrogen and oxygen atoms in total. The van der Waals surface area contributed by atoms with Gasteiger partial charge >= 0.3 is 27.3 Å². The number of nitrogens with two attached hydrogens (primary N) is 2. The van der Waals surface area contributed by atoms with Crippen molar-refractivity contribution in [3.63, 3.8) is 0 Å². The largest absolute Gasteiger partial charge is 0.492 e. The quantitative estimate of drug-likeness (QED) is 0.0240. The summed E-state index contributed by atoms with van der Waals surface area (Å²) in [5.74, 6) is -1.38. The normalized spacial score (nSPS) is 15.7. The van der Waals surface area contributed by atoms with Gasteiger partial charge in [-0.2, -0.15) is 4.98 Å². The third-order valence-corrected chi connectivity index (χ3v) is 10.1. The third-order valence-electron chi connectivity index (χ3n) is 8.67. The van der Waals surface area contributed by atoms with Crippen LogP contribution in [0.15, 0.2) is 72.7 Å². The number of allylic oxidation sites excluding steroid dienone is 1. The molecule has 62 heavy (non-hydrogen) atoms. The topological polar surface area (TPSA) is 368 Å². The number of aromatic nitrogens is 6. The molecule has 0 saturated carbocycles. The van der Waals surface area contributed by atoms with E-state index in [0.29, 0.717) is 10.3 Å². The highest BCUT2D eigenvalue weighted by Crippen LogP contribution is 2.48. The van der Waals surface area contributed by atoms with Gasteiger partial charge in [0.2, 0.25) is 5.91 Å². The summed E-state index contributed by atoms with van der Waals surface area (Å²) in [5, 5.41) is 22.9. The first-order valence-electron chi connectivity index (χ1n) is 18.2. The SMILES string of the molecule is C=CCCC(=O)N(CCOc1ccccc1)CC(=O)O[C@@H]([C@@H](O)n1cnc2c(N)ncnc21)[C@@H](COP(=O)(O)O[C@@H]([C@@H](O)n1ccc(N)nc1=O)[C@@H](COP(=O)(O)O)OC)OC. The van der Waals surface area contributed by atoms with Crippen LogP contribution in [0.4, 0.5) is 11.6 Å². The lowest BCUT2D eigenvalue weighted by Crippen LogP contribution is -2.46. The van der Waals surface area contributed by atoms with Crippen molar-refractivity contribution in [3.05, 3.63) is 78.4 Å². The molecule has 0 aliphatic rings. The van der Waals surface area contributed by atoms with Crippen LogP contribution >= 0.6 is 15.6 Å². The van der Waals surface area contributed by atoms with Gasteiger partial charge in [0.1, 0.15) is 54.9 Å². The van der Waals surface area contributed by atoms with E-state index in [-0.39, 0.29) is 48.8 Å². The number of esters is 1. The zero-order chi connectivity index (χ0) is 45.6. The minimum Gasteiger partial charge on any atom is -0.492 e. The van der Waals surface area contributed by atoms with Crippen molar-refractivity contribution in [1.82, 2.24) is 34.0 Å². The molecule has 1 aromatic carbocycles. The van der Waals surface area contributed by atoms with E-state index < -0.39 is 89.8 Å². The van der Waals surface area contributed by atoms with Gasteiger partial charge in [0, 0.05) is 26.8 Å². The van der Waals surface area contributed by atoms with Gasteiger partial charge in [-0.25, -0.2) is 28.9 Å². The second-order valence-electron chi connectivity index (χ2n) is 12.9. The molecule has 28 heteroatoms. The number of carbonyl (C=O) groups is 2. The number of aliphatic hydroxyl groups excluding tert-OH is 2. The fourth-order valence-corrected chi connectivity index (χ4v) is 6.87. The average molecular weight is 916 g/mol. The van der Waals surface area contributed by atoms with Gasteiger partial charge in [0.25, 0.3) is 0 Å². The first kappa shape index (κ1) is 49.4. The second kappa shape index (κ2) is 22.8. The number of hydrogen-bond donors (Lipinski definition) is 7. The predicted octanol–water partition coefficient (Wildman–Crippen LogP) is -0.343. The number of para-hydroxylation sites is 1. The monoisotopic (exact) mass is 915 g/mol. The molecule has 0 aliphatic carbocycles. The number of fused-ring (bicyclic) bond motifs is 1. The lowest BCUT2D eigenvalue weighted by molar-refractivity contribution is -0.179. The van der Waals surface area contributed by atoms with Gasteiger partial charge in [-0.15, -0.1) is 6.58 Å². The number of nitrogen functional groups attached to an aromatic ring is 2. The van der Waals surface area contributed by atoms with Crippen molar-refractivity contribution in [2.45, 2.75) is 49.7 Å². The molecule has 3 heterocycles. The van der Waals surface area contributed by atoms with Gasteiger partial charge < -0.3 is 60.2 Å². The minimum atomic E-state index is -5.52. The molecular formula is C34H47N9O17P2. The number of rotatable bonds is 26. The highest BCUT2D eigenvalue weighted by molar-refractivity contribution is 7.47. The van der Waals surface area contributed by atoms with Crippen LogP contribution in [0.25, 0.3) is 11.2 Å². The summed E-state index contributed by atoms with van der Waals surface area (Å²) >= 11 is 0. The van der Waals surface area contributed by atoms with Crippen molar-refractivity contribution in [2.75, 3.05) is 58.6 Å². The number of amides is 1. The molecule has 4 aromatic rings. The lowest BCUT2D eigenvalue weighted by atomic mass is 10.1. The smallest absolute Gasteiger partial charge is 0.472 e. The van der Waals surface area contributed by atoms with E-state index in [2.05, 4.69) is 31.0 Å². The van der Waals surface area contributed by atoms with E-state index in [0.717, 1.165) is 48.6 Å². The molecule has 0 spiro atoms. The Kier molecular flexibility index (Phi) is 18.1. The average Bonchev–Trinajstić information content (AvgIpc) is 3.67. The third kappa shape index (κ3) is 14.2. The van der Waals surface area contributed by atoms with Gasteiger partial charge in [0.05, 0.1) is 26.1 Å². The number of anilines is 2. The predicted molar refractivity (Wildman–Crippen MR) is 213 cm³/mol. The molecule has 3 aromatic heterocycles. The summed E-state index contributed by atoms with van der Waals surface area (Å²) in [4.78, 5) is 85.7. The number of phosphoric ester groups is 2. The molecule has 0 saturated heterocycles. The highest BCUT2D eigenvalue weighted by atomic mass is 31.2. The summed E-state index contributed by atoms with van der Waals surface area (Å²) in [6.07, 6.45) is -6.86. The zero-order valence-electron chi connectivity index (χ0n) is 33.2. The van der Waals surface area contributed by atoms with Crippen molar-refractivity contribution in [3.8, 4) is 5.75 Å². The number of hydrogen-bond acceptors (Lipinski definition) is 20. The fraction of sp³-hybridized carbons (Fsp3) is 0.441. The molecule has 0 aliphatic heterocycles. The molecule has 4 rings (SSSR count). The highest BCUT2D eigenvalue weighted by Gasteiger charge is 2.42. The molecule has 1 unspecified atom stereocenters. The molecular weight excluding hydrogens is 868 g/mol. The van der Waals surface area contributed by atoms with Crippen LogP contribution in [-0.2, 0) is 46.5 Å². The summed E-state index contributed by atoms with van der Waals surface area (Å²) in [5.41, 5.74) is 10.3. The first-order valence-corrected chi connectivity index (χ1v) is 21.2. The minimum absolute atomic E-state index is 0.0226. The van der Waals surface area contributed by atoms with Gasteiger partial charge in [-0.05, 0) is 24.6 Å². The molecule has 9 N–H and O–H groups in total. The van der Waals surface area contributed by atoms with Crippen LogP contribution in [0.3, 0.4) is 0 Å².